The molecule has 0 fully saturated rings. The molecule has 0 aliphatic rings. The zero-order chi connectivity index (χ0) is 23.8. The highest BCUT2D eigenvalue weighted by Crippen LogP contribution is 2.15. The highest BCUT2D eigenvalue weighted by Gasteiger charge is 2.15. The molecule has 0 spiro atoms. The second-order valence-electron chi connectivity index (χ2n) is 7.66. The van der Waals surface area contributed by atoms with E-state index in [-0.39, 0.29) is 25.2 Å². The second kappa shape index (κ2) is 11.4. The molecule has 33 heavy (non-hydrogen) atoms. The van der Waals surface area contributed by atoms with Gasteiger partial charge in [0.25, 0.3) is 5.91 Å². The predicted molar refractivity (Wildman–Crippen MR) is 125 cm³/mol. The molecular weight excluding hydrogens is 442 g/mol. The predicted octanol–water partition coefficient (Wildman–Crippen LogP) is 4.02. The summed E-state index contributed by atoms with van der Waals surface area (Å²) in [6, 6.07) is 16.5. The van der Waals surface area contributed by atoms with Gasteiger partial charge in [0.05, 0.1) is 18.7 Å². The van der Waals surface area contributed by atoms with Gasteiger partial charge in [0, 0.05) is 34.8 Å². The molecule has 0 bridgehead atoms. The molecule has 1 heterocycles. The van der Waals surface area contributed by atoms with Crippen LogP contribution in [-0.2, 0) is 27.4 Å². The number of benzene rings is 2. The van der Waals surface area contributed by atoms with Crippen molar-refractivity contribution < 1.29 is 19.1 Å². The molecule has 0 aliphatic carbocycles. The summed E-state index contributed by atoms with van der Waals surface area (Å²) in [5, 5.41) is 7.86. The number of amides is 1. The fourth-order valence-electron chi connectivity index (χ4n) is 3.35. The molecule has 7 nitrogen and oxygen atoms in total. The lowest BCUT2D eigenvalue weighted by atomic mass is 10.1. The van der Waals surface area contributed by atoms with Crippen molar-refractivity contribution in [2.24, 2.45) is 0 Å². The molecule has 1 N–H and O–H groups in total. The molecule has 3 rings (SSSR count). The van der Waals surface area contributed by atoms with Crippen LogP contribution in [-0.4, -0.2) is 34.0 Å². The van der Waals surface area contributed by atoms with Gasteiger partial charge in [-0.15, -0.1) is 0 Å². The monoisotopic (exact) mass is 467 g/mol. The number of nitrogens with zero attached hydrogens (tertiary/aromatic N) is 2. The minimum absolute atomic E-state index is 0.00106. The number of aromatic nitrogens is 2. The minimum Gasteiger partial charge on any atom is -0.456 e. The smallest absolute Gasteiger partial charge is 0.306 e. The first-order chi connectivity index (χ1) is 15.8. The molecule has 0 atom stereocenters. The first-order valence-electron chi connectivity index (χ1n) is 10.6. The van der Waals surface area contributed by atoms with Gasteiger partial charge < -0.3 is 10.1 Å². The van der Waals surface area contributed by atoms with Crippen molar-refractivity contribution in [1.82, 2.24) is 15.1 Å². The van der Waals surface area contributed by atoms with Gasteiger partial charge in [-0.25, -0.2) is 0 Å². The molecule has 2 aromatic carbocycles. The number of rotatable bonds is 10. The standard InChI is InChI=1S/C25H26ClN3O4/c1-17-22(18(2)29(28-17)15-19-6-4-3-5-7-19)14-27-24(31)16-33-25(32)13-12-23(30)20-8-10-21(26)11-9-20/h3-11H,12-16H2,1-2H3,(H,27,31). The number of halogens is 1. The van der Waals surface area contributed by atoms with Gasteiger partial charge in [-0.2, -0.15) is 5.10 Å². The lowest BCUT2D eigenvalue weighted by Crippen LogP contribution is -2.28. The van der Waals surface area contributed by atoms with Crippen molar-refractivity contribution >= 4 is 29.3 Å². The lowest BCUT2D eigenvalue weighted by Gasteiger charge is -2.08. The number of ether oxygens (including phenoxy) is 1. The molecule has 3 aromatic rings. The third-order valence-electron chi connectivity index (χ3n) is 5.26. The van der Waals surface area contributed by atoms with Crippen LogP contribution in [0, 0.1) is 13.8 Å². The van der Waals surface area contributed by atoms with Crippen molar-refractivity contribution in [3.05, 3.63) is 87.7 Å². The van der Waals surface area contributed by atoms with Gasteiger partial charge in [0.1, 0.15) is 0 Å². The lowest BCUT2D eigenvalue weighted by molar-refractivity contribution is -0.148. The van der Waals surface area contributed by atoms with E-state index < -0.39 is 18.5 Å². The van der Waals surface area contributed by atoms with Crippen LogP contribution in [0.15, 0.2) is 54.6 Å². The van der Waals surface area contributed by atoms with E-state index >= 15 is 0 Å². The topological polar surface area (TPSA) is 90.3 Å². The molecule has 172 valence electrons. The zero-order valence-electron chi connectivity index (χ0n) is 18.6. The van der Waals surface area contributed by atoms with Gasteiger partial charge in [0.2, 0.25) is 0 Å². The fraction of sp³-hybridized carbons (Fsp3) is 0.280. The Kier molecular flexibility index (Phi) is 8.38. The third kappa shape index (κ3) is 7.02. The van der Waals surface area contributed by atoms with Gasteiger partial charge >= 0.3 is 5.97 Å². The average molecular weight is 468 g/mol. The summed E-state index contributed by atoms with van der Waals surface area (Å²) in [6.07, 6.45) is -0.0969. The van der Waals surface area contributed by atoms with Crippen LogP contribution >= 0.6 is 11.6 Å². The Balaban J connectivity index is 1.42. The van der Waals surface area contributed by atoms with Crippen LogP contribution in [0.25, 0.3) is 0 Å². The molecule has 1 aromatic heterocycles. The van der Waals surface area contributed by atoms with Crippen LogP contribution in [0.3, 0.4) is 0 Å². The number of ketones is 1. The maximum absolute atomic E-state index is 12.1. The number of carbonyl (C=O) groups is 3. The largest absolute Gasteiger partial charge is 0.456 e. The fourth-order valence-corrected chi connectivity index (χ4v) is 3.48. The number of carbonyl (C=O) groups excluding carboxylic acids is 3. The summed E-state index contributed by atoms with van der Waals surface area (Å²) in [5.74, 6) is -1.20. The Morgan fingerprint density at radius 3 is 2.39 bits per heavy atom. The Hall–Kier alpha value is -3.45. The highest BCUT2D eigenvalue weighted by molar-refractivity contribution is 6.30. The van der Waals surface area contributed by atoms with Crippen LogP contribution in [0.2, 0.25) is 5.02 Å². The summed E-state index contributed by atoms with van der Waals surface area (Å²) < 4.78 is 6.90. The minimum atomic E-state index is -0.601. The van der Waals surface area contributed by atoms with E-state index in [1.165, 1.54) is 0 Å². The van der Waals surface area contributed by atoms with Crippen LogP contribution in [0.4, 0.5) is 0 Å². The number of hydrogen-bond donors (Lipinski definition) is 1. The summed E-state index contributed by atoms with van der Waals surface area (Å²) in [5.41, 5.74) is 4.35. The summed E-state index contributed by atoms with van der Waals surface area (Å²) in [6.45, 7) is 4.39. The van der Waals surface area contributed by atoms with Gasteiger partial charge in [-0.1, -0.05) is 41.9 Å². The van der Waals surface area contributed by atoms with Crippen LogP contribution < -0.4 is 5.32 Å². The average Bonchev–Trinajstić information content (AvgIpc) is 3.07. The molecule has 1 amide bonds. The van der Waals surface area contributed by atoms with Gasteiger partial charge in [-0.05, 0) is 43.7 Å². The van der Waals surface area contributed by atoms with Crippen molar-refractivity contribution in [2.75, 3.05) is 6.61 Å². The Labute approximate surface area is 197 Å². The van der Waals surface area contributed by atoms with E-state index in [0.29, 0.717) is 17.1 Å². The molecular formula is C25H26ClN3O4. The summed E-state index contributed by atoms with van der Waals surface area (Å²) >= 11 is 5.80. The number of hydrogen-bond acceptors (Lipinski definition) is 5. The molecule has 0 aliphatic heterocycles. The second-order valence-corrected chi connectivity index (χ2v) is 8.10. The van der Waals surface area contributed by atoms with E-state index in [4.69, 9.17) is 16.3 Å². The Morgan fingerprint density at radius 2 is 1.70 bits per heavy atom. The van der Waals surface area contributed by atoms with Crippen LogP contribution in [0.1, 0.15) is 45.7 Å². The molecule has 0 radical (unpaired) electrons. The van der Waals surface area contributed by atoms with Crippen LogP contribution in [0.5, 0.6) is 0 Å². The van der Waals surface area contributed by atoms with Crippen molar-refractivity contribution in [2.45, 2.75) is 39.8 Å². The van der Waals surface area contributed by atoms with E-state index in [1.807, 2.05) is 48.9 Å². The first-order valence-corrected chi connectivity index (χ1v) is 11.0. The highest BCUT2D eigenvalue weighted by atomic mass is 35.5. The number of nitrogens with one attached hydrogen (secondary N) is 1. The SMILES string of the molecule is Cc1nn(Cc2ccccc2)c(C)c1CNC(=O)COC(=O)CCC(=O)c1ccc(Cl)cc1. The molecule has 0 saturated carbocycles. The number of aryl methyl sites for hydroxylation is 1. The molecule has 0 saturated heterocycles. The Bertz CT molecular complexity index is 1120. The normalized spacial score (nSPS) is 10.6. The van der Waals surface area contributed by atoms with E-state index in [9.17, 15) is 14.4 Å². The third-order valence-corrected chi connectivity index (χ3v) is 5.51. The van der Waals surface area contributed by atoms with Crippen molar-refractivity contribution in [3.63, 3.8) is 0 Å². The number of esters is 1. The van der Waals surface area contributed by atoms with E-state index in [2.05, 4.69) is 10.4 Å². The first kappa shape index (κ1) is 24.2. The van der Waals surface area contributed by atoms with E-state index in [0.717, 1.165) is 22.5 Å². The number of Topliss-reactive ketones (excluding diaryl/α,β-unsaturated/α-hetero) is 1. The van der Waals surface area contributed by atoms with Gasteiger partial charge in [-0.3, -0.25) is 19.1 Å². The molecule has 8 heteroatoms. The maximum atomic E-state index is 12.1. The van der Waals surface area contributed by atoms with E-state index in [1.54, 1.807) is 24.3 Å². The van der Waals surface area contributed by atoms with Crippen molar-refractivity contribution in [1.29, 1.82) is 0 Å². The van der Waals surface area contributed by atoms with Crippen molar-refractivity contribution in [3.8, 4) is 0 Å². The zero-order valence-corrected chi connectivity index (χ0v) is 19.4. The quantitative estimate of drug-likeness (QED) is 0.359. The summed E-state index contributed by atoms with van der Waals surface area (Å²) in [4.78, 5) is 36.1. The summed E-state index contributed by atoms with van der Waals surface area (Å²) in [7, 11) is 0. The maximum Gasteiger partial charge on any atom is 0.306 e. The molecule has 0 unspecified atom stereocenters. The Morgan fingerprint density at radius 1 is 1.00 bits per heavy atom. The van der Waals surface area contributed by atoms with Gasteiger partial charge in [0.15, 0.2) is 12.4 Å².